The second-order valence-corrected chi connectivity index (χ2v) is 5.07. The third-order valence-corrected chi connectivity index (χ3v) is 3.62. The Labute approximate surface area is 93.8 Å². The minimum atomic E-state index is 0.824. The molecule has 0 aromatic heterocycles. The molecule has 0 unspecified atom stereocenters. The van der Waals surface area contributed by atoms with E-state index in [0.29, 0.717) is 0 Å². The molecule has 0 saturated heterocycles. The van der Waals surface area contributed by atoms with Gasteiger partial charge < -0.3 is 5.73 Å². The molecule has 0 aliphatic heterocycles. The Kier molecular flexibility index (Phi) is 3.24. The van der Waals surface area contributed by atoms with E-state index in [-0.39, 0.29) is 0 Å². The highest BCUT2D eigenvalue weighted by atomic mass is 79.9. The molecule has 0 bridgehead atoms. The zero-order chi connectivity index (χ0) is 9.97. The van der Waals surface area contributed by atoms with Crippen molar-refractivity contribution in [2.45, 2.75) is 19.3 Å². The topological polar surface area (TPSA) is 26.0 Å². The molecule has 1 aliphatic rings. The molecule has 1 fully saturated rings. The Bertz CT molecular complexity index is 294. The summed E-state index contributed by atoms with van der Waals surface area (Å²) in [7, 11) is 0. The third kappa shape index (κ3) is 2.58. The van der Waals surface area contributed by atoms with Crippen molar-refractivity contribution < 1.29 is 0 Å². The molecule has 1 aliphatic carbocycles. The van der Waals surface area contributed by atoms with Crippen molar-refractivity contribution in [1.82, 2.24) is 0 Å². The van der Waals surface area contributed by atoms with E-state index >= 15 is 0 Å². The van der Waals surface area contributed by atoms with Crippen LogP contribution in [0.15, 0.2) is 28.7 Å². The van der Waals surface area contributed by atoms with E-state index in [2.05, 4.69) is 40.2 Å². The number of nitrogens with two attached hydrogens (primary N) is 1. The van der Waals surface area contributed by atoms with E-state index in [1.807, 2.05) is 0 Å². The molecule has 1 aromatic rings. The quantitative estimate of drug-likeness (QED) is 0.878. The zero-order valence-electron chi connectivity index (χ0n) is 8.25. The molecule has 76 valence electrons. The largest absolute Gasteiger partial charge is 0.330 e. The van der Waals surface area contributed by atoms with Crippen molar-refractivity contribution in [1.29, 1.82) is 0 Å². The first-order valence-corrected chi connectivity index (χ1v) is 6.03. The molecule has 0 spiro atoms. The highest BCUT2D eigenvalue weighted by molar-refractivity contribution is 9.10. The fourth-order valence-electron chi connectivity index (χ4n) is 1.96. The highest BCUT2D eigenvalue weighted by Gasteiger charge is 2.34. The van der Waals surface area contributed by atoms with Gasteiger partial charge in [-0.3, -0.25) is 0 Å². The number of hydrogen-bond donors (Lipinski definition) is 1. The van der Waals surface area contributed by atoms with Gasteiger partial charge in [-0.1, -0.05) is 28.1 Å². The molecular weight excluding hydrogens is 238 g/mol. The first-order chi connectivity index (χ1) is 6.79. The molecule has 2 N–H and O–H groups in total. The minimum Gasteiger partial charge on any atom is -0.330 e. The lowest BCUT2D eigenvalue weighted by Gasteiger charge is -2.00. The lowest BCUT2D eigenvalue weighted by molar-refractivity contribution is 0.649. The highest BCUT2D eigenvalue weighted by Crippen LogP contribution is 2.40. The minimum absolute atomic E-state index is 0.824. The third-order valence-electron chi connectivity index (χ3n) is 3.09. The van der Waals surface area contributed by atoms with Crippen LogP contribution in [0.25, 0.3) is 0 Å². The van der Waals surface area contributed by atoms with Crippen molar-refractivity contribution in [3.05, 3.63) is 34.3 Å². The van der Waals surface area contributed by atoms with Gasteiger partial charge in [0.2, 0.25) is 0 Å². The van der Waals surface area contributed by atoms with Crippen LogP contribution in [0.4, 0.5) is 0 Å². The Morgan fingerprint density at radius 2 is 1.93 bits per heavy atom. The van der Waals surface area contributed by atoms with Crippen LogP contribution in [-0.2, 0) is 6.42 Å². The van der Waals surface area contributed by atoms with Crippen molar-refractivity contribution in [3.63, 3.8) is 0 Å². The van der Waals surface area contributed by atoms with Gasteiger partial charge in [0.25, 0.3) is 0 Å². The molecule has 0 heterocycles. The molecule has 1 saturated carbocycles. The summed E-state index contributed by atoms with van der Waals surface area (Å²) in [5, 5.41) is 0. The Morgan fingerprint density at radius 1 is 1.21 bits per heavy atom. The van der Waals surface area contributed by atoms with E-state index in [9.17, 15) is 0 Å². The van der Waals surface area contributed by atoms with Gasteiger partial charge in [-0.25, -0.2) is 0 Å². The lowest BCUT2D eigenvalue weighted by atomic mass is 10.1. The summed E-state index contributed by atoms with van der Waals surface area (Å²) >= 11 is 3.44. The average molecular weight is 254 g/mol. The maximum absolute atomic E-state index is 5.61. The maximum atomic E-state index is 5.61. The molecular formula is C12H16BrN. The fraction of sp³-hybridized carbons (Fsp3) is 0.500. The van der Waals surface area contributed by atoms with E-state index in [0.717, 1.165) is 22.9 Å². The van der Waals surface area contributed by atoms with Crippen molar-refractivity contribution >= 4 is 15.9 Å². The molecule has 1 nitrogen and oxygen atoms in total. The van der Waals surface area contributed by atoms with Crippen molar-refractivity contribution in [3.8, 4) is 0 Å². The van der Waals surface area contributed by atoms with E-state index in [1.165, 1.54) is 24.8 Å². The first-order valence-electron chi connectivity index (χ1n) is 5.24. The second-order valence-electron chi connectivity index (χ2n) is 4.16. The van der Waals surface area contributed by atoms with Gasteiger partial charge in [0, 0.05) is 4.47 Å². The smallest absolute Gasteiger partial charge is 0.0175 e. The van der Waals surface area contributed by atoms with Gasteiger partial charge in [-0.2, -0.15) is 0 Å². The van der Waals surface area contributed by atoms with E-state index in [1.54, 1.807) is 0 Å². The van der Waals surface area contributed by atoms with Crippen LogP contribution in [0.2, 0.25) is 0 Å². The predicted molar refractivity (Wildman–Crippen MR) is 63.1 cm³/mol. The Hall–Kier alpha value is -0.340. The summed E-state index contributed by atoms with van der Waals surface area (Å²) in [4.78, 5) is 0. The lowest BCUT2D eigenvalue weighted by Crippen LogP contribution is -2.02. The maximum Gasteiger partial charge on any atom is 0.0175 e. The average Bonchev–Trinajstić information content (AvgIpc) is 2.96. The zero-order valence-corrected chi connectivity index (χ0v) is 9.83. The number of hydrogen-bond acceptors (Lipinski definition) is 1. The molecule has 0 radical (unpaired) electrons. The monoisotopic (exact) mass is 253 g/mol. The summed E-state index contributed by atoms with van der Waals surface area (Å²) in [5.41, 5.74) is 7.05. The Morgan fingerprint density at radius 3 is 2.50 bits per heavy atom. The van der Waals surface area contributed by atoms with Crippen LogP contribution >= 0.6 is 15.9 Å². The summed E-state index contributed by atoms with van der Waals surface area (Å²) in [6, 6.07) is 8.62. The van der Waals surface area contributed by atoms with E-state index < -0.39 is 0 Å². The summed E-state index contributed by atoms with van der Waals surface area (Å²) in [5.74, 6) is 1.73. The molecule has 2 rings (SSSR count). The fourth-order valence-corrected chi connectivity index (χ4v) is 2.22. The molecule has 2 heteroatoms. The predicted octanol–water partition coefficient (Wildman–Crippen LogP) is 2.98. The van der Waals surface area contributed by atoms with Crippen LogP contribution in [0.1, 0.15) is 18.4 Å². The van der Waals surface area contributed by atoms with Crippen molar-refractivity contribution in [2.24, 2.45) is 17.6 Å². The summed E-state index contributed by atoms with van der Waals surface area (Å²) in [6.07, 6.45) is 3.87. The van der Waals surface area contributed by atoms with Gasteiger partial charge in [0.05, 0.1) is 0 Å². The SMILES string of the molecule is NC[C@@H]1C[C@H]1CCc1ccc(Br)cc1. The number of rotatable bonds is 4. The van der Waals surface area contributed by atoms with Crippen LogP contribution in [0, 0.1) is 11.8 Å². The van der Waals surface area contributed by atoms with E-state index in [4.69, 9.17) is 5.73 Å². The molecule has 1 aromatic carbocycles. The molecule has 14 heavy (non-hydrogen) atoms. The molecule has 2 atom stereocenters. The van der Waals surface area contributed by atoms with Gasteiger partial charge in [0.1, 0.15) is 0 Å². The van der Waals surface area contributed by atoms with Crippen LogP contribution in [-0.4, -0.2) is 6.54 Å². The molecule has 0 amide bonds. The first kappa shape index (κ1) is 10.2. The number of halogens is 1. The summed E-state index contributed by atoms with van der Waals surface area (Å²) in [6.45, 7) is 0.880. The van der Waals surface area contributed by atoms with Crippen molar-refractivity contribution in [2.75, 3.05) is 6.54 Å². The van der Waals surface area contributed by atoms with Gasteiger partial charge in [0.15, 0.2) is 0 Å². The normalized spacial score (nSPS) is 25.0. The van der Waals surface area contributed by atoms with Gasteiger partial charge >= 0.3 is 0 Å². The van der Waals surface area contributed by atoms with Gasteiger partial charge in [-0.05, 0) is 55.3 Å². The van der Waals surface area contributed by atoms with Crippen LogP contribution < -0.4 is 5.73 Å². The number of aryl methyl sites for hydroxylation is 1. The second kappa shape index (κ2) is 4.45. The standard InChI is InChI=1S/C12H16BrN/c13-12-5-2-9(3-6-12)1-4-10-7-11(10)8-14/h2-3,5-6,10-11H,1,4,7-8,14H2/t10-,11+/m1/s1. The number of benzene rings is 1. The van der Waals surface area contributed by atoms with Gasteiger partial charge in [-0.15, -0.1) is 0 Å². The van der Waals surface area contributed by atoms with Crippen LogP contribution in [0.5, 0.6) is 0 Å². The Balaban J connectivity index is 1.78. The van der Waals surface area contributed by atoms with Crippen LogP contribution in [0.3, 0.4) is 0 Å². The summed E-state index contributed by atoms with van der Waals surface area (Å²) < 4.78 is 1.16.